The zero-order valence-electron chi connectivity index (χ0n) is 15.1. The summed E-state index contributed by atoms with van der Waals surface area (Å²) in [6.07, 6.45) is 0. The lowest BCUT2D eigenvalue weighted by atomic mass is 9.93. The summed E-state index contributed by atoms with van der Waals surface area (Å²) in [5.74, 6) is -1.18. The monoisotopic (exact) mass is 393 g/mol. The molecular formula is C23H17ClFNO2. The summed E-state index contributed by atoms with van der Waals surface area (Å²) in [6, 6.07) is 19.8. The Balaban J connectivity index is 1.90. The van der Waals surface area contributed by atoms with Crippen molar-refractivity contribution in [3.05, 3.63) is 106 Å². The van der Waals surface area contributed by atoms with Gasteiger partial charge in [0.2, 0.25) is 0 Å². The minimum absolute atomic E-state index is 0.312. The number of anilines is 1. The summed E-state index contributed by atoms with van der Waals surface area (Å²) >= 11 is 5.99. The highest BCUT2D eigenvalue weighted by Gasteiger charge is 2.41. The Morgan fingerprint density at radius 1 is 0.929 bits per heavy atom. The summed E-state index contributed by atoms with van der Waals surface area (Å²) in [5, 5.41) is 11.3. The molecule has 3 aromatic carbocycles. The zero-order chi connectivity index (χ0) is 19.8. The van der Waals surface area contributed by atoms with Gasteiger partial charge in [-0.15, -0.1) is 0 Å². The van der Waals surface area contributed by atoms with E-state index in [0.29, 0.717) is 21.8 Å². The van der Waals surface area contributed by atoms with Gasteiger partial charge in [0, 0.05) is 16.3 Å². The Bertz CT molecular complexity index is 1060. The van der Waals surface area contributed by atoms with E-state index in [0.717, 1.165) is 11.1 Å². The summed E-state index contributed by atoms with van der Waals surface area (Å²) in [4.78, 5) is 14.5. The van der Waals surface area contributed by atoms with Gasteiger partial charge in [0.15, 0.2) is 5.76 Å². The van der Waals surface area contributed by atoms with Crippen LogP contribution in [0.5, 0.6) is 0 Å². The molecule has 3 nitrogen and oxygen atoms in total. The highest BCUT2D eigenvalue weighted by molar-refractivity contribution is 6.30. The number of amides is 1. The molecule has 1 N–H and O–H groups in total. The van der Waals surface area contributed by atoms with Gasteiger partial charge < -0.3 is 5.11 Å². The number of carbonyl (C=O) groups excluding carboxylic acids is 1. The van der Waals surface area contributed by atoms with Gasteiger partial charge in [-0.25, -0.2) is 4.39 Å². The van der Waals surface area contributed by atoms with Crippen LogP contribution in [-0.2, 0) is 4.79 Å². The van der Waals surface area contributed by atoms with Crippen molar-refractivity contribution in [2.24, 2.45) is 0 Å². The van der Waals surface area contributed by atoms with Crippen molar-refractivity contribution in [2.45, 2.75) is 13.0 Å². The number of rotatable bonds is 3. The molecule has 1 aliphatic rings. The predicted octanol–water partition coefficient (Wildman–Crippen LogP) is 5.84. The lowest BCUT2D eigenvalue weighted by Crippen LogP contribution is -2.30. The van der Waals surface area contributed by atoms with E-state index in [-0.39, 0.29) is 11.6 Å². The lowest BCUT2D eigenvalue weighted by Gasteiger charge is -2.27. The first kappa shape index (κ1) is 18.3. The van der Waals surface area contributed by atoms with Crippen molar-refractivity contribution in [3.63, 3.8) is 0 Å². The number of aliphatic hydroxyl groups is 1. The second kappa shape index (κ2) is 7.13. The number of aliphatic hydroxyl groups excluding tert-OH is 1. The maximum atomic E-state index is 13.5. The van der Waals surface area contributed by atoms with E-state index in [1.165, 1.54) is 17.0 Å². The van der Waals surface area contributed by atoms with Crippen molar-refractivity contribution in [2.75, 3.05) is 4.90 Å². The maximum Gasteiger partial charge on any atom is 0.294 e. The van der Waals surface area contributed by atoms with Crippen LogP contribution < -0.4 is 4.90 Å². The van der Waals surface area contributed by atoms with Crippen LogP contribution in [0.1, 0.15) is 22.7 Å². The van der Waals surface area contributed by atoms with Crippen molar-refractivity contribution in [1.82, 2.24) is 0 Å². The number of aryl methyl sites for hydroxylation is 1. The van der Waals surface area contributed by atoms with Crippen LogP contribution >= 0.6 is 11.6 Å². The van der Waals surface area contributed by atoms with Crippen molar-refractivity contribution >= 4 is 28.8 Å². The van der Waals surface area contributed by atoms with Crippen molar-refractivity contribution < 1.29 is 14.3 Å². The van der Waals surface area contributed by atoms with Gasteiger partial charge in [-0.1, -0.05) is 53.6 Å². The molecule has 0 aliphatic carbocycles. The number of carbonyl (C=O) groups is 1. The molecule has 0 fully saturated rings. The van der Waals surface area contributed by atoms with E-state index >= 15 is 0 Å². The van der Waals surface area contributed by atoms with E-state index in [9.17, 15) is 14.3 Å². The Kier molecular flexibility index (Phi) is 4.65. The van der Waals surface area contributed by atoms with E-state index in [2.05, 4.69) is 0 Å². The number of halogens is 2. The molecule has 0 radical (unpaired) electrons. The zero-order valence-corrected chi connectivity index (χ0v) is 15.8. The third-order valence-electron chi connectivity index (χ3n) is 4.86. The molecule has 0 bridgehead atoms. The molecule has 28 heavy (non-hydrogen) atoms. The molecule has 0 spiro atoms. The maximum absolute atomic E-state index is 13.5. The number of hydrogen-bond acceptors (Lipinski definition) is 2. The van der Waals surface area contributed by atoms with Gasteiger partial charge in [0.1, 0.15) is 5.82 Å². The first-order valence-electron chi connectivity index (χ1n) is 8.80. The predicted molar refractivity (Wildman–Crippen MR) is 109 cm³/mol. The van der Waals surface area contributed by atoms with Crippen molar-refractivity contribution in [3.8, 4) is 0 Å². The standard InChI is InChI=1S/C23H17ClFNO2/c1-14-2-4-15(5-3-14)20-21(16-6-10-18(25)11-7-16)26(23(28)22(20)27)19-12-8-17(24)9-13-19/h2-13,21,27H,1H3/t21-/m0/s1. The summed E-state index contributed by atoms with van der Waals surface area (Å²) < 4.78 is 13.5. The Morgan fingerprint density at radius 3 is 2.14 bits per heavy atom. The average molecular weight is 394 g/mol. The molecule has 1 heterocycles. The van der Waals surface area contributed by atoms with Gasteiger partial charge in [-0.2, -0.15) is 0 Å². The summed E-state index contributed by atoms with van der Waals surface area (Å²) in [5.41, 5.74) is 3.59. The van der Waals surface area contributed by atoms with Crippen LogP contribution in [0.2, 0.25) is 5.02 Å². The van der Waals surface area contributed by atoms with E-state index in [4.69, 9.17) is 11.6 Å². The van der Waals surface area contributed by atoms with Gasteiger partial charge in [0.25, 0.3) is 5.91 Å². The van der Waals surface area contributed by atoms with Crippen LogP contribution in [0.4, 0.5) is 10.1 Å². The summed E-state index contributed by atoms with van der Waals surface area (Å²) in [6.45, 7) is 1.97. The minimum atomic E-state index is -0.586. The van der Waals surface area contributed by atoms with Crippen LogP contribution in [0.15, 0.2) is 78.6 Å². The smallest absolute Gasteiger partial charge is 0.294 e. The van der Waals surface area contributed by atoms with Crippen LogP contribution in [0, 0.1) is 12.7 Å². The van der Waals surface area contributed by atoms with Crippen LogP contribution in [-0.4, -0.2) is 11.0 Å². The first-order chi connectivity index (χ1) is 13.5. The van der Waals surface area contributed by atoms with E-state index < -0.39 is 11.9 Å². The van der Waals surface area contributed by atoms with Gasteiger partial charge >= 0.3 is 0 Å². The van der Waals surface area contributed by atoms with Gasteiger partial charge in [0.05, 0.1) is 6.04 Å². The second-order valence-corrected chi connectivity index (χ2v) is 7.17. The molecule has 0 saturated heterocycles. The van der Waals surface area contributed by atoms with Gasteiger partial charge in [-0.05, 0) is 54.4 Å². The normalized spacial score (nSPS) is 16.8. The fraction of sp³-hybridized carbons (Fsp3) is 0.0870. The molecule has 0 saturated carbocycles. The second-order valence-electron chi connectivity index (χ2n) is 6.73. The Morgan fingerprint density at radius 2 is 1.54 bits per heavy atom. The molecule has 4 rings (SSSR count). The molecule has 1 aliphatic heterocycles. The van der Waals surface area contributed by atoms with E-state index in [1.54, 1.807) is 36.4 Å². The molecule has 5 heteroatoms. The number of benzene rings is 3. The fourth-order valence-electron chi connectivity index (χ4n) is 3.46. The third-order valence-corrected chi connectivity index (χ3v) is 5.11. The quantitative estimate of drug-likeness (QED) is 0.606. The average Bonchev–Trinajstić information content (AvgIpc) is 2.95. The minimum Gasteiger partial charge on any atom is -0.503 e. The Labute approximate surface area is 167 Å². The highest BCUT2D eigenvalue weighted by atomic mass is 35.5. The molecule has 1 amide bonds. The molecule has 1 atom stereocenters. The molecular weight excluding hydrogens is 377 g/mol. The Hall–Kier alpha value is -3.11. The van der Waals surface area contributed by atoms with Crippen molar-refractivity contribution in [1.29, 1.82) is 0 Å². The van der Waals surface area contributed by atoms with Gasteiger partial charge in [-0.3, -0.25) is 9.69 Å². The number of hydrogen-bond donors (Lipinski definition) is 1. The number of nitrogens with zero attached hydrogens (tertiary/aromatic N) is 1. The third kappa shape index (κ3) is 3.16. The largest absolute Gasteiger partial charge is 0.503 e. The summed E-state index contributed by atoms with van der Waals surface area (Å²) in [7, 11) is 0. The topological polar surface area (TPSA) is 40.5 Å². The van der Waals surface area contributed by atoms with Crippen LogP contribution in [0.25, 0.3) is 5.57 Å². The molecule has 0 aromatic heterocycles. The molecule has 0 unspecified atom stereocenters. The fourth-order valence-corrected chi connectivity index (χ4v) is 3.59. The van der Waals surface area contributed by atoms with E-state index in [1.807, 2.05) is 31.2 Å². The first-order valence-corrected chi connectivity index (χ1v) is 9.18. The lowest BCUT2D eigenvalue weighted by molar-refractivity contribution is -0.117. The molecule has 140 valence electrons. The highest BCUT2D eigenvalue weighted by Crippen LogP contribution is 2.45. The van der Waals surface area contributed by atoms with Crippen LogP contribution in [0.3, 0.4) is 0 Å². The molecule has 3 aromatic rings. The SMILES string of the molecule is Cc1ccc(C2=C(O)C(=O)N(c3ccc(Cl)cc3)[C@H]2c2ccc(F)cc2)cc1.